The average Bonchev–Trinajstić information content (AvgIpc) is 3.31. The number of nitrogens with one attached hydrogen (secondary N) is 1. The van der Waals surface area contributed by atoms with Gasteiger partial charge in [0.05, 0.1) is 7.11 Å². The average molecular weight is 447 g/mol. The Morgan fingerprint density at radius 3 is 2.24 bits per heavy atom. The van der Waals surface area contributed by atoms with E-state index in [1.807, 2.05) is 18.2 Å². The first kappa shape index (κ1) is 22.1. The molecule has 0 radical (unpaired) electrons. The Labute approximate surface area is 192 Å². The first-order chi connectivity index (χ1) is 16.0. The number of piperazine rings is 1. The van der Waals surface area contributed by atoms with Gasteiger partial charge in [0.15, 0.2) is 0 Å². The predicted octanol–water partition coefficient (Wildman–Crippen LogP) is 2.73. The highest BCUT2D eigenvalue weighted by Crippen LogP contribution is 2.17. The van der Waals surface area contributed by atoms with Gasteiger partial charge in [-0.1, -0.05) is 24.3 Å². The Hall–Kier alpha value is -4.07. The van der Waals surface area contributed by atoms with Crippen LogP contribution in [0.4, 0.5) is 5.69 Å². The van der Waals surface area contributed by atoms with Crippen LogP contribution in [0.5, 0.6) is 5.75 Å². The zero-order valence-electron chi connectivity index (χ0n) is 18.4. The second-order valence-electron chi connectivity index (χ2n) is 7.75. The van der Waals surface area contributed by atoms with Crippen LogP contribution in [0.15, 0.2) is 72.9 Å². The SMILES string of the molecule is COc1cccc(NC(=O)Cn2cccc2C(=O)N2CCN(C(=O)c3ccccc3)CC2)c1. The van der Waals surface area contributed by atoms with Crippen LogP contribution in [0.25, 0.3) is 0 Å². The van der Waals surface area contributed by atoms with E-state index in [1.165, 1.54) is 0 Å². The smallest absolute Gasteiger partial charge is 0.270 e. The summed E-state index contributed by atoms with van der Waals surface area (Å²) < 4.78 is 6.81. The topological polar surface area (TPSA) is 83.9 Å². The molecule has 8 heteroatoms. The summed E-state index contributed by atoms with van der Waals surface area (Å²) in [5, 5.41) is 2.83. The van der Waals surface area contributed by atoms with Gasteiger partial charge in [-0.3, -0.25) is 14.4 Å². The van der Waals surface area contributed by atoms with Crippen LogP contribution in [0.2, 0.25) is 0 Å². The van der Waals surface area contributed by atoms with Gasteiger partial charge in [-0.15, -0.1) is 0 Å². The van der Waals surface area contributed by atoms with Crippen LogP contribution in [0.1, 0.15) is 20.8 Å². The molecule has 0 bridgehead atoms. The van der Waals surface area contributed by atoms with Crippen LogP contribution in [-0.4, -0.2) is 65.4 Å². The molecule has 0 aliphatic carbocycles. The first-order valence-electron chi connectivity index (χ1n) is 10.8. The molecule has 1 aromatic heterocycles. The van der Waals surface area contributed by atoms with Crippen LogP contribution in [-0.2, 0) is 11.3 Å². The van der Waals surface area contributed by atoms with Gasteiger partial charge in [0.1, 0.15) is 18.0 Å². The summed E-state index contributed by atoms with van der Waals surface area (Å²) in [4.78, 5) is 41.8. The van der Waals surface area contributed by atoms with Crippen molar-refractivity contribution in [1.82, 2.24) is 14.4 Å². The number of carbonyl (C=O) groups excluding carboxylic acids is 3. The summed E-state index contributed by atoms with van der Waals surface area (Å²) in [7, 11) is 1.57. The number of ether oxygens (including phenoxy) is 1. The van der Waals surface area contributed by atoms with E-state index in [2.05, 4.69) is 5.32 Å². The molecule has 33 heavy (non-hydrogen) atoms. The maximum absolute atomic E-state index is 13.1. The van der Waals surface area contributed by atoms with Gasteiger partial charge in [0, 0.05) is 49.7 Å². The maximum Gasteiger partial charge on any atom is 0.270 e. The maximum atomic E-state index is 13.1. The van der Waals surface area contributed by atoms with Crippen molar-refractivity contribution in [1.29, 1.82) is 0 Å². The van der Waals surface area contributed by atoms with Crippen molar-refractivity contribution in [2.45, 2.75) is 6.54 Å². The van der Waals surface area contributed by atoms with E-state index < -0.39 is 0 Å². The molecule has 2 aromatic carbocycles. The molecule has 3 amide bonds. The van der Waals surface area contributed by atoms with Gasteiger partial charge in [-0.05, 0) is 36.4 Å². The third-order valence-corrected chi connectivity index (χ3v) is 5.59. The zero-order valence-corrected chi connectivity index (χ0v) is 18.4. The number of methoxy groups -OCH3 is 1. The number of aromatic nitrogens is 1. The summed E-state index contributed by atoms with van der Waals surface area (Å²) >= 11 is 0. The largest absolute Gasteiger partial charge is 0.497 e. The predicted molar refractivity (Wildman–Crippen MR) is 124 cm³/mol. The quantitative estimate of drug-likeness (QED) is 0.631. The molecule has 170 valence electrons. The Kier molecular flexibility index (Phi) is 6.73. The lowest BCUT2D eigenvalue weighted by Crippen LogP contribution is -2.51. The highest BCUT2D eigenvalue weighted by molar-refractivity contribution is 5.96. The van der Waals surface area contributed by atoms with Crippen LogP contribution < -0.4 is 10.1 Å². The van der Waals surface area contributed by atoms with Gasteiger partial charge >= 0.3 is 0 Å². The number of rotatable bonds is 6. The van der Waals surface area contributed by atoms with Crippen molar-refractivity contribution in [3.05, 3.63) is 84.2 Å². The molecule has 1 aliphatic rings. The second-order valence-corrected chi connectivity index (χ2v) is 7.75. The number of amides is 3. The Morgan fingerprint density at radius 2 is 1.55 bits per heavy atom. The van der Waals surface area contributed by atoms with Crippen molar-refractivity contribution in [2.24, 2.45) is 0 Å². The molecule has 1 fully saturated rings. The van der Waals surface area contributed by atoms with E-state index in [1.54, 1.807) is 76.2 Å². The third-order valence-electron chi connectivity index (χ3n) is 5.59. The Bertz CT molecular complexity index is 1130. The summed E-state index contributed by atoms with van der Waals surface area (Å²) in [5.74, 6) is 0.225. The van der Waals surface area contributed by atoms with Gasteiger partial charge in [0.25, 0.3) is 11.8 Å². The van der Waals surface area contributed by atoms with Gasteiger partial charge in [-0.2, -0.15) is 0 Å². The molecule has 3 aromatic rings. The van der Waals surface area contributed by atoms with Crippen molar-refractivity contribution < 1.29 is 19.1 Å². The van der Waals surface area contributed by atoms with E-state index in [4.69, 9.17) is 4.74 Å². The molecule has 0 atom stereocenters. The highest BCUT2D eigenvalue weighted by atomic mass is 16.5. The molecular weight excluding hydrogens is 420 g/mol. The lowest BCUT2D eigenvalue weighted by molar-refractivity contribution is -0.116. The van der Waals surface area contributed by atoms with Gasteiger partial charge < -0.3 is 24.4 Å². The fourth-order valence-corrected chi connectivity index (χ4v) is 3.84. The number of carbonyl (C=O) groups is 3. The normalized spacial score (nSPS) is 13.5. The molecule has 1 aliphatic heterocycles. The molecule has 8 nitrogen and oxygen atoms in total. The van der Waals surface area contributed by atoms with Crippen LogP contribution >= 0.6 is 0 Å². The van der Waals surface area contributed by atoms with Gasteiger partial charge in [-0.25, -0.2) is 0 Å². The van der Waals surface area contributed by atoms with Crippen molar-refractivity contribution in [3.8, 4) is 5.75 Å². The molecule has 1 saturated heterocycles. The van der Waals surface area contributed by atoms with E-state index in [0.29, 0.717) is 48.9 Å². The minimum atomic E-state index is -0.244. The number of anilines is 1. The number of benzene rings is 2. The molecular formula is C25H26N4O4. The summed E-state index contributed by atoms with van der Waals surface area (Å²) in [5.41, 5.74) is 1.71. The number of hydrogen-bond acceptors (Lipinski definition) is 4. The molecule has 0 unspecified atom stereocenters. The van der Waals surface area contributed by atoms with Crippen LogP contribution in [0, 0.1) is 0 Å². The lowest BCUT2D eigenvalue weighted by Gasteiger charge is -2.35. The molecule has 0 spiro atoms. The fraction of sp³-hybridized carbons (Fsp3) is 0.240. The highest BCUT2D eigenvalue weighted by Gasteiger charge is 2.27. The summed E-state index contributed by atoms with van der Waals surface area (Å²) in [6.45, 7) is 1.84. The molecule has 1 N–H and O–H groups in total. The Morgan fingerprint density at radius 1 is 0.848 bits per heavy atom. The van der Waals surface area contributed by atoms with Crippen molar-refractivity contribution in [3.63, 3.8) is 0 Å². The monoisotopic (exact) mass is 446 g/mol. The minimum Gasteiger partial charge on any atom is -0.497 e. The number of nitrogens with zero attached hydrogens (tertiary/aromatic N) is 3. The van der Waals surface area contributed by atoms with E-state index >= 15 is 0 Å². The molecule has 0 saturated carbocycles. The number of hydrogen-bond donors (Lipinski definition) is 1. The van der Waals surface area contributed by atoms with E-state index in [0.717, 1.165) is 0 Å². The van der Waals surface area contributed by atoms with Crippen molar-refractivity contribution >= 4 is 23.4 Å². The standard InChI is InChI=1S/C25H26N4O4/c1-33-21-10-5-9-20(17-21)26-23(30)18-29-12-6-11-22(29)25(32)28-15-13-27(14-16-28)24(31)19-7-3-2-4-8-19/h2-12,17H,13-16,18H2,1H3,(H,26,30). The second kappa shape index (κ2) is 10.0. The summed E-state index contributed by atoms with van der Waals surface area (Å²) in [6.07, 6.45) is 1.72. The minimum absolute atomic E-state index is 0.0116. The third kappa shape index (κ3) is 5.23. The zero-order chi connectivity index (χ0) is 23.2. The molecule has 4 rings (SSSR count). The van der Waals surface area contributed by atoms with E-state index in [-0.39, 0.29) is 24.3 Å². The van der Waals surface area contributed by atoms with Crippen molar-refractivity contribution in [2.75, 3.05) is 38.6 Å². The van der Waals surface area contributed by atoms with E-state index in [9.17, 15) is 14.4 Å². The molecule has 2 heterocycles. The lowest BCUT2D eigenvalue weighted by atomic mass is 10.2. The first-order valence-corrected chi connectivity index (χ1v) is 10.8. The Balaban J connectivity index is 1.35. The van der Waals surface area contributed by atoms with Gasteiger partial charge in [0.2, 0.25) is 5.91 Å². The summed E-state index contributed by atoms with van der Waals surface area (Å²) in [6, 6.07) is 19.7. The van der Waals surface area contributed by atoms with Crippen LogP contribution in [0.3, 0.4) is 0 Å². The fourth-order valence-electron chi connectivity index (χ4n) is 3.84.